The first kappa shape index (κ1) is 10.5. The van der Waals surface area contributed by atoms with E-state index in [2.05, 4.69) is 5.98 Å². The van der Waals surface area contributed by atoms with Crippen molar-refractivity contribution in [3.05, 3.63) is 24.7 Å². The second-order valence-corrected chi connectivity index (χ2v) is 0.814. The number of rotatable bonds is 2. The van der Waals surface area contributed by atoms with Crippen molar-refractivity contribution in [2.75, 3.05) is 0 Å². The minimum absolute atomic E-state index is 0. The Morgan fingerprint density at radius 1 is 1.71 bits per heavy atom. The summed E-state index contributed by atoms with van der Waals surface area (Å²) in [5.74, 6) is 2.77. The van der Waals surface area contributed by atoms with Crippen LogP contribution in [-0.2, 0) is 32.7 Å². The Hall–Kier alpha value is 0.559. The van der Waals surface area contributed by atoms with Gasteiger partial charge in [-0.05, 0) is 6.08 Å². The van der Waals surface area contributed by atoms with Gasteiger partial charge in [-0.2, -0.15) is 6.58 Å². The molecule has 0 bridgehead atoms. The van der Waals surface area contributed by atoms with Crippen LogP contribution in [0.4, 0.5) is 0 Å². The minimum atomic E-state index is 0. The third-order valence-electron chi connectivity index (χ3n) is 0.359. The fourth-order valence-electron chi connectivity index (χ4n) is 0.152. The predicted octanol–water partition coefficient (Wildman–Crippen LogP) is 1.04. The van der Waals surface area contributed by atoms with Gasteiger partial charge in [-0.15, -0.1) is 13.4 Å². The Kier molecular flexibility index (Phi) is 14.7. The summed E-state index contributed by atoms with van der Waals surface area (Å²) in [4.78, 5) is 0. The molecule has 0 aliphatic heterocycles. The van der Waals surface area contributed by atoms with Gasteiger partial charge < -0.3 is 5.98 Å². The van der Waals surface area contributed by atoms with Gasteiger partial charge in [-0.25, -0.2) is 6.82 Å². The van der Waals surface area contributed by atoms with Gasteiger partial charge in [0.05, 0.1) is 0 Å². The van der Waals surface area contributed by atoms with E-state index in [1.165, 1.54) is 6.08 Å². The molecule has 2 heteroatoms. The van der Waals surface area contributed by atoms with Gasteiger partial charge in [-0.3, -0.25) is 0 Å². The van der Waals surface area contributed by atoms with E-state index < -0.39 is 0 Å². The van der Waals surface area contributed by atoms with Crippen LogP contribution in [0, 0.1) is 12.6 Å². The first-order valence-corrected chi connectivity index (χ1v) is 1.82. The molecule has 0 saturated heterocycles. The topological polar surface area (TPSA) is 0 Å². The van der Waals surface area contributed by atoms with Crippen LogP contribution in [0.2, 0.25) is 6.82 Å². The molecule has 0 aromatic heterocycles. The molecule has 0 aromatic carbocycles. The second kappa shape index (κ2) is 9.75. The Morgan fingerprint density at radius 2 is 2.29 bits per heavy atom. The third-order valence-corrected chi connectivity index (χ3v) is 0.359. The largest absolute Gasteiger partial charge is 0.344 e. The smallest absolute Gasteiger partial charge is 0 e. The molecule has 0 fully saturated rings. The van der Waals surface area contributed by atoms with Gasteiger partial charge in [-0.1, -0.05) is 0 Å². The van der Waals surface area contributed by atoms with Crippen molar-refractivity contribution in [3.8, 4) is 0 Å². The van der Waals surface area contributed by atoms with Crippen LogP contribution in [0.15, 0.2) is 12.2 Å². The second-order valence-electron chi connectivity index (χ2n) is 0.814. The van der Waals surface area contributed by atoms with E-state index in [0.29, 0.717) is 0 Å². The zero-order valence-electron chi connectivity index (χ0n) is 4.39. The van der Waals surface area contributed by atoms with E-state index >= 15 is 0 Å². The summed E-state index contributed by atoms with van der Waals surface area (Å²) in [6.45, 7) is 6.84. The van der Waals surface area contributed by atoms with Gasteiger partial charge in [0.1, 0.15) is 0 Å². The Morgan fingerprint density at radius 3 is 2.43 bits per heavy atom. The van der Waals surface area contributed by atoms with Crippen LogP contribution in [0.3, 0.4) is 0 Å². The summed E-state index contributed by atoms with van der Waals surface area (Å²) >= 11 is 0. The summed E-state index contributed by atoms with van der Waals surface area (Å²) in [6, 6.07) is 0. The van der Waals surface area contributed by atoms with E-state index in [-0.39, 0.29) is 32.7 Å². The molecule has 0 spiro atoms. The van der Waals surface area contributed by atoms with Crippen LogP contribution in [0.25, 0.3) is 0 Å². The van der Waals surface area contributed by atoms with E-state index in [4.69, 9.17) is 6.58 Å². The summed E-state index contributed by atoms with van der Waals surface area (Å²) in [5, 5.41) is 0. The van der Waals surface area contributed by atoms with Crippen molar-refractivity contribution in [1.29, 1.82) is 0 Å². The number of hydrogen-bond donors (Lipinski definition) is 0. The Bertz CT molecular complexity index is 59.1. The normalized spacial score (nSPS) is 7.00. The average Bonchev–Trinajstić information content (AvgIpc) is 1.61. The zero-order chi connectivity index (χ0) is 4.83. The maximum atomic E-state index is 4.95. The number of hydrogen-bond acceptors (Lipinski definition) is 0. The first-order chi connectivity index (χ1) is 2.91. The average molecular weight is 166 g/mol. The third kappa shape index (κ3) is 10.8. The van der Waals surface area contributed by atoms with Crippen LogP contribution in [-0.4, -0.2) is 7.28 Å². The molecule has 0 saturated carbocycles. The summed E-state index contributed by atoms with van der Waals surface area (Å²) in [6.07, 6.45) is 3.10. The van der Waals surface area contributed by atoms with Crippen molar-refractivity contribution in [3.63, 3.8) is 0 Å². The minimum Gasteiger partial charge on any atom is -0.344 e. The fraction of sp³-hybridized carbons (Fsp3) is 0.200. The van der Waals surface area contributed by atoms with Crippen molar-refractivity contribution >= 4 is 7.28 Å². The van der Waals surface area contributed by atoms with E-state index in [1.807, 2.05) is 6.82 Å². The maximum absolute atomic E-state index is 4.95. The molecule has 0 aliphatic carbocycles. The van der Waals surface area contributed by atoms with Crippen molar-refractivity contribution in [1.82, 2.24) is 0 Å². The number of allylic oxidation sites excluding steroid dienone is 2. The van der Waals surface area contributed by atoms with E-state index in [0.717, 1.165) is 0 Å². The quantitative estimate of drug-likeness (QED) is 0.326. The SMILES string of the molecule is [CH-]=CC=[C+][B-]C.[Y]. The molecule has 0 unspecified atom stereocenters. The fourth-order valence-corrected chi connectivity index (χ4v) is 0.152. The molecule has 33 valence electrons. The standard InChI is InChI=1S/C5H6B.Y/c1-3-4-5-6-2;/h1,3-4H,2H3;/q-1;. The van der Waals surface area contributed by atoms with Gasteiger partial charge in [0, 0.05) is 32.7 Å². The van der Waals surface area contributed by atoms with Crippen LogP contribution < -0.4 is 0 Å². The van der Waals surface area contributed by atoms with Gasteiger partial charge in [0.25, 0.3) is 0 Å². The Labute approximate surface area is 71.2 Å². The summed E-state index contributed by atoms with van der Waals surface area (Å²) < 4.78 is 0. The van der Waals surface area contributed by atoms with Crippen molar-refractivity contribution in [2.24, 2.45) is 0 Å². The van der Waals surface area contributed by atoms with Gasteiger partial charge in [0.2, 0.25) is 0 Å². The molecule has 0 atom stereocenters. The van der Waals surface area contributed by atoms with Crippen LogP contribution in [0.5, 0.6) is 0 Å². The predicted molar refractivity (Wildman–Crippen MR) is 28.3 cm³/mol. The molecule has 3 radical (unpaired) electrons. The van der Waals surface area contributed by atoms with Crippen LogP contribution >= 0.6 is 0 Å². The first-order valence-electron chi connectivity index (χ1n) is 1.82. The molecular weight excluding hydrogens is 160 g/mol. The zero-order valence-corrected chi connectivity index (χ0v) is 7.23. The molecule has 7 heavy (non-hydrogen) atoms. The van der Waals surface area contributed by atoms with Gasteiger partial charge in [0.15, 0.2) is 0 Å². The molecule has 0 nitrogen and oxygen atoms in total. The molecular formula is C5H6BY-. The van der Waals surface area contributed by atoms with Crippen molar-refractivity contribution < 1.29 is 32.7 Å². The molecule has 0 rings (SSSR count). The van der Waals surface area contributed by atoms with E-state index in [1.54, 1.807) is 13.4 Å². The van der Waals surface area contributed by atoms with Gasteiger partial charge >= 0.3 is 0 Å². The summed E-state index contributed by atoms with van der Waals surface area (Å²) in [7, 11) is 1.80. The van der Waals surface area contributed by atoms with Crippen LogP contribution in [0.1, 0.15) is 0 Å². The monoisotopic (exact) mass is 166 g/mol. The Balaban J connectivity index is 0. The molecule has 0 N–H and O–H groups in total. The molecule has 0 amide bonds. The summed E-state index contributed by atoms with van der Waals surface area (Å²) in [5.41, 5.74) is 0. The van der Waals surface area contributed by atoms with E-state index in [9.17, 15) is 0 Å². The molecule has 0 aliphatic rings. The molecule has 0 heterocycles. The molecule has 0 aromatic rings. The maximum Gasteiger partial charge on any atom is 0 e. The van der Waals surface area contributed by atoms with Crippen molar-refractivity contribution in [2.45, 2.75) is 6.82 Å².